The fourth-order valence-corrected chi connectivity index (χ4v) is 6.21. The van der Waals surface area contributed by atoms with E-state index in [0.29, 0.717) is 6.61 Å². The second-order valence-electron chi connectivity index (χ2n) is 11.3. The van der Waals surface area contributed by atoms with Crippen molar-refractivity contribution in [2.45, 2.75) is 0 Å². The monoisotopic (exact) mass is 578 g/mol. The number of allylic oxidation sites excluding steroid dienone is 4. The molecule has 0 spiro atoms. The van der Waals surface area contributed by atoms with E-state index in [0.717, 1.165) is 61.7 Å². The molecule has 3 heteroatoms. The van der Waals surface area contributed by atoms with Gasteiger partial charge in [0.2, 0.25) is 0 Å². The second kappa shape index (κ2) is 11.3. The van der Waals surface area contributed by atoms with Gasteiger partial charge in [0.05, 0.1) is 16.7 Å². The summed E-state index contributed by atoms with van der Waals surface area (Å²) in [4.78, 5) is 5.24. The van der Waals surface area contributed by atoms with Crippen molar-refractivity contribution in [1.82, 2.24) is 9.55 Å². The Kier molecular flexibility index (Phi) is 6.69. The number of rotatable bonds is 6. The second-order valence-corrected chi connectivity index (χ2v) is 11.3. The van der Waals surface area contributed by atoms with Crippen LogP contribution in [0.5, 0.6) is 5.75 Å². The zero-order valence-corrected chi connectivity index (χ0v) is 24.7. The fraction of sp³-hybridized carbons (Fsp3) is 0.0238. The quantitative estimate of drug-likeness (QED) is 0.184. The van der Waals surface area contributed by atoms with E-state index in [1.54, 1.807) is 0 Å². The number of ether oxygens (including phenoxy) is 1. The lowest BCUT2D eigenvalue weighted by atomic mass is 10.0. The van der Waals surface area contributed by atoms with Crippen LogP contribution in [0.3, 0.4) is 0 Å². The van der Waals surface area contributed by atoms with Crippen molar-refractivity contribution >= 4 is 33.0 Å². The van der Waals surface area contributed by atoms with Gasteiger partial charge in [0, 0.05) is 27.5 Å². The molecule has 5 aromatic carbocycles. The predicted molar refractivity (Wildman–Crippen MR) is 188 cm³/mol. The number of hydrogen-bond acceptors (Lipinski definition) is 2. The van der Waals surface area contributed by atoms with Crippen LogP contribution in [-0.4, -0.2) is 16.2 Å². The van der Waals surface area contributed by atoms with Gasteiger partial charge in [-0.05, 0) is 58.7 Å². The Morgan fingerprint density at radius 1 is 0.667 bits per heavy atom. The minimum absolute atomic E-state index is 0.590. The smallest absolute Gasteiger partial charge is 0.138 e. The van der Waals surface area contributed by atoms with Gasteiger partial charge in [-0.2, -0.15) is 0 Å². The SMILES string of the molecule is C=C(/C=C\C=C1/COc2ccccc21)c1ccc2c(c1)c1ccccc1n2-c1cc(-c2ccccc2)cc(-c2ccccc2)n1. The maximum atomic E-state index is 5.81. The number of fused-ring (bicyclic) bond motifs is 4. The molecule has 45 heavy (non-hydrogen) atoms. The van der Waals surface area contributed by atoms with E-state index in [-0.39, 0.29) is 0 Å². The standard InChI is InChI=1S/C42H30N2O/c1-29(13-12-18-33-28-45-41-22-11-9-19-35(33)41)32-23-24-40-37(25-32)36-20-8-10-21-39(36)44(40)42-27-34(30-14-4-2-5-15-30)26-38(43-42)31-16-6-3-7-17-31/h2-27H,1,28H2/b13-12-,33-18+. The molecule has 1 aliphatic heterocycles. The number of hydrogen-bond donors (Lipinski definition) is 0. The van der Waals surface area contributed by atoms with Crippen LogP contribution < -0.4 is 4.74 Å². The summed E-state index contributed by atoms with van der Waals surface area (Å²) < 4.78 is 8.10. The van der Waals surface area contributed by atoms with Gasteiger partial charge in [-0.25, -0.2) is 4.98 Å². The summed E-state index contributed by atoms with van der Waals surface area (Å²) in [6.45, 7) is 5.00. The molecule has 7 aromatic rings. The van der Waals surface area contributed by atoms with Gasteiger partial charge in [0.1, 0.15) is 18.2 Å². The van der Waals surface area contributed by atoms with Crippen molar-refractivity contribution in [3.8, 4) is 34.0 Å². The molecule has 0 radical (unpaired) electrons. The molecule has 3 nitrogen and oxygen atoms in total. The minimum Gasteiger partial charge on any atom is -0.488 e. The van der Waals surface area contributed by atoms with Gasteiger partial charge in [-0.15, -0.1) is 0 Å². The predicted octanol–water partition coefficient (Wildman–Crippen LogP) is 10.6. The van der Waals surface area contributed by atoms with E-state index in [9.17, 15) is 0 Å². The highest BCUT2D eigenvalue weighted by Crippen LogP contribution is 2.36. The number of nitrogens with zero attached hydrogens (tertiary/aromatic N) is 2. The molecule has 0 N–H and O–H groups in total. The molecule has 0 aliphatic carbocycles. The Bertz CT molecular complexity index is 2220. The number of para-hydroxylation sites is 2. The third-order valence-electron chi connectivity index (χ3n) is 8.47. The van der Waals surface area contributed by atoms with Crippen LogP contribution in [0, 0.1) is 0 Å². The van der Waals surface area contributed by atoms with Crippen molar-refractivity contribution in [1.29, 1.82) is 0 Å². The third-order valence-corrected chi connectivity index (χ3v) is 8.47. The van der Waals surface area contributed by atoms with Gasteiger partial charge in [-0.3, -0.25) is 4.57 Å². The van der Waals surface area contributed by atoms with E-state index in [2.05, 4.69) is 145 Å². The molecule has 0 saturated heterocycles. The first-order valence-corrected chi connectivity index (χ1v) is 15.2. The largest absolute Gasteiger partial charge is 0.488 e. The first-order chi connectivity index (χ1) is 22.2. The van der Waals surface area contributed by atoms with Crippen LogP contribution in [0.2, 0.25) is 0 Å². The third kappa shape index (κ3) is 4.95. The van der Waals surface area contributed by atoms with Crippen LogP contribution >= 0.6 is 0 Å². The van der Waals surface area contributed by atoms with Crippen molar-refractivity contribution in [2.24, 2.45) is 0 Å². The molecule has 0 atom stereocenters. The molecule has 214 valence electrons. The maximum absolute atomic E-state index is 5.81. The molecule has 0 bridgehead atoms. The van der Waals surface area contributed by atoms with Crippen LogP contribution in [-0.2, 0) is 0 Å². The van der Waals surface area contributed by atoms with Crippen LogP contribution in [0.25, 0.3) is 61.2 Å². The lowest BCUT2D eigenvalue weighted by Crippen LogP contribution is -2.00. The first kappa shape index (κ1) is 26.7. The molecule has 1 aliphatic rings. The van der Waals surface area contributed by atoms with Gasteiger partial charge in [-0.1, -0.05) is 128 Å². The lowest BCUT2D eigenvalue weighted by Gasteiger charge is -2.13. The fourth-order valence-electron chi connectivity index (χ4n) is 6.21. The van der Waals surface area contributed by atoms with E-state index in [1.165, 1.54) is 16.3 Å². The molecule has 3 heterocycles. The summed E-state index contributed by atoms with van der Waals surface area (Å²) in [5.41, 5.74) is 10.9. The van der Waals surface area contributed by atoms with Crippen LogP contribution in [0.1, 0.15) is 11.1 Å². The molecular weight excluding hydrogens is 548 g/mol. The number of pyridine rings is 1. The van der Waals surface area contributed by atoms with Crippen molar-refractivity contribution in [3.63, 3.8) is 0 Å². The highest BCUT2D eigenvalue weighted by atomic mass is 16.5. The average Bonchev–Trinajstić information content (AvgIpc) is 3.67. The Hall–Kier alpha value is -5.93. The van der Waals surface area contributed by atoms with E-state index in [1.807, 2.05) is 24.3 Å². The number of aromatic nitrogens is 2. The van der Waals surface area contributed by atoms with Gasteiger partial charge < -0.3 is 4.74 Å². The van der Waals surface area contributed by atoms with Gasteiger partial charge >= 0.3 is 0 Å². The normalized spacial score (nSPS) is 13.5. The average molecular weight is 579 g/mol. The maximum Gasteiger partial charge on any atom is 0.138 e. The molecule has 0 unspecified atom stereocenters. The van der Waals surface area contributed by atoms with Crippen molar-refractivity contribution in [2.75, 3.05) is 6.61 Å². The van der Waals surface area contributed by atoms with Crippen LogP contribution in [0.15, 0.2) is 164 Å². The summed E-state index contributed by atoms with van der Waals surface area (Å²) in [7, 11) is 0. The molecule has 8 rings (SSSR count). The van der Waals surface area contributed by atoms with Crippen molar-refractivity contribution < 1.29 is 4.74 Å². The molecular formula is C42H30N2O. The molecule has 0 amide bonds. The molecule has 0 saturated carbocycles. The topological polar surface area (TPSA) is 27.1 Å². The van der Waals surface area contributed by atoms with E-state index in [4.69, 9.17) is 9.72 Å². The first-order valence-electron chi connectivity index (χ1n) is 15.2. The highest BCUT2D eigenvalue weighted by molar-refractivity contribution is 6.10. The summed E-state index contributed by atoms with van der Waals surface area (Å²) in [5, 5.41) is 2.35. The minimum atomic E-state index is 0.590. The zero-order valence-electron chi connectivity index (χ0n) is 24.7. The Labute approximate surface area is 262 Å². The van der Waals surface area contributed by atoms with Crippen molar-refractivity contribution in [3.05, 3.63) is 175 Å². The molecule has 2 aromatic heterocycles. The van der Waals surface area contributed by atoms with E-state index < -0.39 is 0 Å². The van der Waals surface area contributed by atoms with Gasteiger partial charge in [0.25, 0.3) is 0 Å². The highest BCUT2D eigenvalue weighted by Gasteiger charge is 2.17. The summed E-state index contributed by atoms with van der Waals surface area (Å²) >= 11 is 0. The Morgan fingerprint density at radius 2 is 1.38 bits per heavy atom. The Morgan fingerprint density at radius 3 is 2.22 bits per heavy atom. The summed E-state index contributed by atoms with van der Waals surface area (Å²) in [5.74, 6) is 1.83. The summed E-state index contributed by atoms with van der Waals surface area (Å²) in [6.07, 6.45) is 6.27. The number of benzene rings is 5. The summed E-state index contributed by atoms with van der Waals surface area (Å²) in [6, 6.07) is 48.6. The van der Waals surface area contributed by atoms with Crippen LogP contribution in [0.4, 0.5) is 0 Å². The lowest BCUT2D eigenvalue weighted by molar-refractivity contribution is 0.388. The Balaban J connectivity index is 1.23. The molecule has 0 fully saturated rings. The van der Waals surface area contributed by atoms with E-state index >= 15 is 0 Å². The zero-order chi connectivity index (χ0) is 30.2. The van der Waals surface area contributed by atoms with Gasteiger partial charge in [0.15, 0.2) is 0 Å².